The minimum atomic E-state index is -0.996. The predicted octanol–water partition coefficient (Wildman–Crippen LogP) is 5.48. The summed E-state index contributed by atoms with van der Waals surface area (Å²) < 4.78 is 36.3. The number of carbonyl (C=O) groups is 2. The van der Waals surface area contributed by atoms with Gasteiger partial charge in [-0.3, -0.25) is 9.59 Å². The van der Waals surface area contributed by atoms with E-state index in [0.29, 0.717) is 35.3 Å². The molecule has 0 spiro atoms. The summed E-state index contributed by atoms with van der Waals surface area (Å²) in [5, 5.41) is 11.2. The zero-order chi connectivity index (χ0) is 27.4. The molecule has 1 fully saturated rings. The molecule has 1 atom stereocenters. The van der Waals surface area contributed by atoms with Gasteiger partial charge in [0.15, 0.2) is 23.1 Å². The van der Waals surface area contributed by atoms with E-state index in [1.54, 1.807) is 30.3 Å². The van der Waals surface area contributed by atoms with Crippen LogP contribution in [0.2, 0.25) is 0 Å². The highest BCUT2D eigenvalue weighted by molar-refractivity contribution is 6.46. The van der Waals surface area contributed by atoms with Gasteiger partial charge in [0, 0.05) is 5.56 Å². The van der Waals surface area contributed by atoms with Crippen molar-refractivity contribution in [3.05, 3.63) is 83.1 Å². The quantitative estimate of drug-likeness (QED) is 0.213. The highest BCUT2D eigenvalue weighted by Crippen LogP contribution is 2.43. The van der Waals surface area contributed by atoms with Crippen molar-refractivity contribution in [2.75, 3.05) is 20.8 Å². The Kier molecular flexibility index (Phi) is 8.05. The van der Waals surface area contributed by atoms with Crippen LogP contribution in [-0.2, 0) is 16.1 Å². The Bertz CT molecular complexity index is 1350. The predicted molar refractivity (Wildman–Crippen MR) is 137 cm³/mol. The summed E-state index contributed by atoms with van der Waals surface area (Å²) in [5.41, 5.74) is 0.353. The van der Waals surface area contributed by atoms with Gasteiger partial charge >= 0.3 is 0 Å². The first-order chi connectivity index (χ1) is 18.2. The van der Waals surface area contributed by atoms with Crippen molar-refractivity contribution in [1.29, 1.82) is 0 Å². The van der Waals surface area contributed by atoms with Crippen LogP contribution in [0.4, 0.5) is 4.39 Å². The summed E-state index contributed by atoms with van der Waals surface area (Å²) in [6, 6.07) is 11.2. The van der Waals surface area contributed by atoms with E-state index in [1.807, 2.05) is 0 Å². The van der Waals surface area contributed by atoms with Crippen LogP contribution in [0, 0.1) is 11.7 Å². The van der Waals surface area contributed by atoms with Crippen molar-refractivity contribution < 1.29 is 37.7 Å². The summed E-state index contributed by atoms with van der Waals surface area (Å²) in [6.45, 7) is 4.67. The molecule has 0 saturated carbocycles. The van der Waals surface area contributed by atoms with Crippen molar-refractivity contribution in [2.24, 2.45) is 5.92 Å². The summed E-state index contributed by atoms with van der Waals surface area (Å²) in [4.78, 5) is 27.8. The minimum Gasteiger partial charge on any atom is -0.507 e. The Morgan fingerprint density at radius 1 is 1.05 bits per heavy atom. The molecule has 1 unspecified atom stereocenters. The number of nitrogens with zero attached hydrogens (tertiary/aromatic N) is 1. The van der Waals surface area contributed by atoms with Gasteiger partial charge in [-0.25, -0.2) is 4.39 Å². The van der Waals surface area contributed by atoms with Gasteiger partial charge in [0.1, 0.15) is 11.5 Å². The van der Waals surface area contributed by atoms with Gasteiger partial charge in [0.25, 0.3) is 11.7 Å². The van der Waals surface area contributed by atoms with Crippen LogP contribution in [0.1, 0.15) is 43.2 Å². The molecule has 0 aliphatic carbocycles. The fourth-order valence-corrected chi connectivity index (χ4v) is 4.31. The molecule has 8 nitrogen and oxygen atoms in total. The van der Waals surface area contributed by atoms with Gasteiger partial charge in [0.05, 0.1) is 45.2 Å². The molecule has 2 heterocycles. The third-order valence-electron chi connectivity index (χ3n) is 6.33. The third kappa shape index (κ3) is 5.37. The topological polar surface area (TPSA) is 98.4 Å². The van der Waals surface area contributed by atoms with Crippen molar-refractivity contribution in [3.63, 3.8) is 0 Å². The van der Waals surface area contributed by atoms with E-state index in [4.69, 9.17) is 18.6 Å². The average Bonchev–Trinajstić information content (AvgIpc) is 3.50. The van der Waals surface area contributed by atoms with Crippen molar-refractivity contribution in [1.82, 2.24) is 4.90 Å². The minimum absolute atomic E-state index is 0.0193. The van der Waals surface area contributed by atoms with Crippen LogP contribution < -0.4 is 14.2 Å². The number of rotatable bonds is 10. The normalized spacial score (nSPS) is 16.8. The summed E-state index contributed by atoms with van der Waals surface area (Å²) in [5.74, 6) is -1.13. The van der Waals surface area contributed by atoms with Crippen LogP contribution in [-0.4, -0.2) is 42.5 Å². The molecule has 4 rings (SSSR count). The second-order valence-electron chi connectivity index (χ2n) is 9.30. The molecule has 1 N–H and O–H groups in total. The molecule has 9 heteroatoms. The number of likely N-dealkylation sites (tertiary alicyclic amines) is 1. The first-order valence-electron chi connectivity index (χ1n) is 12.2. The van der Waals surface area contributed by atoms with Gasteiger partial charge in [-0.1, -0.05) is 19.9 Å². The van der Waals surface area contributed by atoms with E-state index in [2.05, 4.69) is 13.8 Å². The van der Waals surface area contributed by atoms with E-state index >= 15 is 0 Å². The second-order valence-corrected chi connectivity index (χ2v) is 9.30. The lowest BCUT2D eigenvalue weighted by Gasteiger charge is -2.25. The standard InChI is InChI=1S/C29H30FNO7/c1-17(2)11-13-38-23-10-7-18(15-24(23)36-4)26-25(27(32)19-8-9-22(35-3)21(30)14-19)28(33)29(34)31(26)16-20-6-5-12-37-20/h5-10,12,14-15,17,26,32H,11,13,16H2,1-4H3/b27-25-. The molecular formula is C29H30FNO7. The summed E-state index contributed by atoms with van der Waals surface area (Å²) in [6.07, 6.45) is 2.32. The number of benzene rings is 2. The Hall–Kier alpha value is -4.27. The molecule has 200 valence electrons. The number of aliphatic hydroxyl groups is 1. The number of amides is 1. The lowest BCUT2D eigenvalue weighted by Crippen LogP contribution is -2.29. The molecule has 1 amide bonds. The average molecular weight is 524 g/mol. The Balaban J connectivity index is 1.81. The van der Waals surface area contributed by atoms with Crippen LogP contribution >= 0.6 is 0 Å². The van der Waals surface area contributed by atoms with Crippen LogP contribution in [0.5, 0.6) is 17.2 Å². The van der Waals surface area contributed by atoms with E-state index in [1.165, 1.54) is 37.5 Å². The number of ether oxygens (including phenoxy) is 3. The smallest absolute Gasteiger partial charge is 0.296 e. The van der Waals surface area contributed by atoms with Crippen molar-refractivity contribution in [2.45, 2.75) is 32.9 Å². The summed E-state index contributed by atoms with van der Waals surface area (Å²) in [7, 11) is 2.82. The molecule has 0 radical (unpaired) electrons. The SMILES string of the molecule is COc1ccc(/C(O)=C2/C(=O)C(=O)N(Cc3ccco3)C2c2ccc(OCCC(C)C)c(OC)c2)cc1F. The van der Waals surface area contributed by atoms with E-state index in [0.717, 1.165) is 12.5 Å². The molecule has 3 aromatic rings. The molecule has 1 saturated heterocycles. The van der Waals surface area contributed by atoms with Crippen molar-refractivity contribution >= 4 is 17.4 Å². The lowest BCUT2D eigenvalue weighted by atomic mass is 9.95. The highest BCUT2D eigenvalue weighted by Gasteiger charge is 2.46. The second kappa shape index (κ2) is 11.4. The number of hydrogen-bond acceptors (Lipinski definition) is 7. The molecule has 1 aliphatic heterocycles. The third-order valence-corrected chi connectivity index (χ3v) is 6.33. The lowest BCUT2D eigenvalue weighted by molar-refractivity contribution is -0.140. The maximum atomic E-state index is 14.5. The Morgan fingerprint density at radius 2 is 1.79 bits per heavy atom. The number of hydrogen-bond donors (Lipinski definition) is 1. The fraction of sp³-hybridized carbons (Fsp3) is 0.310. The zero-order valence-corrected chi connectivity index (χ0v) is 21.7. The Morgan fingerprint density at radius 3 is 2.42 bits per heavy atom. The molecule has 38 heavy (non-hydrogen) atoms. The van der Waals surface area contributed by atoms with Crippen molar-refractivity contribution in [3.8, 4) is 17.2 Å². The number of aliphatic hydroxyl groups excluding tert-OH is 1. The number of furan rings is 1. The monoisotopic (exact) mass is 523 g/mol. The van der Waals surface area contributed by atoms with Gasteiger partial charge in [0.2, 0.25) is 0 Å². The molecule has 1 aromatic heterocycles. The van der Waals surface area contributed by atoms with Gasteiger partial charge in [-0.2, -0.15) is 0 Å². The van der Waals surface area contributed by atoms with Gasteiger partial charge in [-0.05, 0) is 60.4 Å². The largest absolute Gasteiger partial charge is 0.507 e. The summed E-state index contributed by atoms with van der Waals surface area (Å²) >= 11 is 0. The fourth-order valence-electron chi connectivity index (χ4n) is 4.31. The number of ketones is 1. The number of halogens is 1. The first-order valence-corrected chi connectivity index (χ1v) is 12.2. The maximum absolute atomic E-state index is 14.5. The van der Waals surface area contributed by atoms with Gasteiger partial charge < -0.3 is 28.6 Å². The van der Waals surface area contributed by atoms with Crippen LogP contribution in [0.3, 0.4) is 0 Å². The van der Waals surface area contributed by atoms with Crippen LogP contribution in [0.25, 0.3) is 5.76 Å². The van der Waals surface area contributed by atoms with E-state index < -0.39 is 29.3 Å². The number of carbonyl (C=O) groups excluding carboxylic acids is 2. The molecule has 0 bridgehead atoms. The van der Waals surface area contributed by atoms with Crippen LogP contribution in [0.15, 0.2) is 64.8 Å². The first kappa shape index (κ1) is 26.8. The highest BCUT2D eigenvalue weighted by atomic mass is 19.1. The number of Topliss-reactive ketones (excluding diaryl/α,β-unsaturated/α-hetero) is 1. The molecule has 1 aliphatic rings. The van der Waals surface area contributed by atoms with E-state index in [9.17, 15) is 19.1 Å². The number of methoxy groups -OCH3 is 2. The maximum Gasteiger partial charge on any atom is 0.296 e. The molecular weight excluding hydrogens is 493 g/mol. The molecule has 2 aromatic carbocycles. The zero-order valence-electron chi connectivity index (χ0n) is 21.7. The Labute approximate surface area is 220 Å². The van der Waals surface area contributed by atoms with E-state index in [-0.39, 0.29) is 23.4 Å². The van der Waals surface area contributed by atoms with Gasteiger partial charge in [-0.15, -0.1) is 0 Å².